The summed E-state index contributed by atoms with van der Waals surface area (Å²) in [4.78, 5) is 16.7. The maximum Gasteiger partial charge on any atom is 0.305 e. The van der Waals surface area contributed by atoms with Gasteiger partial charge in [-0.2, -0.15) is 5.06 Å². The number of benzene rings is 1. The average Bonchev–Trinajstić information content (AvgIpc) is 2.76. The van der Waals surface area contributed by atoms with E-state index in [1.807, 2.05) is 30.3 Å². The highest BCUT2D eigenvalue weighted by Crippen LogP contribution is 2.41. The van der Waals surface area contributed by atoms with E-state index >= 15 is 0 Å². The maximum atomic E-state index is 10.9. The fourth-order valence-electron chi connectivity index (χ4n) is 3.13. The van der Waals surface area contributed by atoms with Gasteiger partial charge < -0.3 is 9.67 Å². The van der Waals surface area contributed by atoms with E-state index in [9.17, 15) is 4.79 Å². The number of nitrogens with zero attached hydrogens (tertiary/aromatic N) is 2. The summed E-state index contributed by atoms with van der Waals surface area (Å²) in [5, 5.41) is 12.0. The van der Waals surface area contributed by atoms with Crippen molar-refractivity contribution in [1.29, 1.82) is 0 Å². The van der Waals surface area contributed by atoms with Crippen LogP contribution in [0.15, 0.2) is 24.3 Å². The Bertz CT molecular complexity index is 703. The van der Waals surface area contributed by atoms with Crippen LogP contribution in [0.4, 0.5) is 0 Å². The van der Waals surface area contributed by atoms with E-state index < -0.39 is 5.97 Å². The lowest BCUT2D eigenvalue weighted by Crippen LogP contribution is -2.42. The summed E-state index contributed by atoms with van der Waals surface area (Å²) in [5.74, 6) is -0.783. The number of hydroxylamine groups is 2. The van der Waals surface area contributed by atoms with Crippen molar-refractivity contribution in [1.82, 2.24) is 9.63 Å². The molecule has 5 nitrogen and oxygen atoms in total. The molecule has 0 atom stereocenters. The monoisotopic (exact) mass is 288 g/mol. The van der Waals surface area contributed by atoms with Gasteiger partial charge in [0.05, 0.1) is 17.7 Å². The van der Waals surface area contributed by atoms with Crippen LogP contribution in [0.2, 0.25) is 0 Å². The molecule has 0 spiro atoms. The molecular weight excluding hydrogens is 268 g/mol. The van der Waals surface area contributed by atoms with Gasteiger partial charge >= 0.3 is 5.97 Å². The topological polar surface area (TPSA) is 54.7 Å². The summed E-state index contributed by atoms with van der Waals surface area (Å²) < 4.78 is 2.09. The lowest BCUT2D eigenvalue weighted by molar-refractivity contribution is -0.222. The lowest BCUT2D eigenvalue weighted by atomic mass is 9.90. The minimum Gasteiger partial charge on any atom is -0.481 e. The van der Waals surface area contributed by atoms with Crippen LogP contribution in [0.1, 0.15) is 31.5 Å². The first-order valence-corrected chi connectivity index (χ1v) is 7.12. The van der Waals surface area contributed by atoms with Gasteiger partial charge in [0.1, 0.15) is 6.61 Å². The van der Waals surface area contributed by atoms with Gasteiger partial charge in [0.25, 0.3) is 0 Å². The molecule has 0 radical (unpaired) electrons. The van der Waals surface area contributed by atoms with E-state index in [4.69, 9.17) is 9.94 Å². The number of aromatic nitrogens is 1. The third kappa shape index (κ3) is 2.13. The molecule has 0 saturated carbocycles. The Labute approximate surface area is 123 Å². The quantitative estimate of drug-likeness (QED) is 0.943. The predicted molar refractivity (Wildman–Crippen MR) is 79.8 cm³/mol. The molecule has 0 amide bonds. The zero-order valence-electron chi connectivity index (χ0n) is 12.6. The zero-order chi connectivity index (χ0) is 15.2. The Kier molecular flexibility index (Phi) is 3.26. The lowest BCUT2D eigenvalue weighted by Gasteiger charge is -2.39. The second-order valence-electron chi connectivity index (χ2n) is 5.96. The predicted octanol–water partition coefficient (Wildman–Crippen LogP) is 2.73. The number of aliphatic carboxylic acids is 1. The standard InChI is InChI=1S/C16H20N2O3/c1-16(2)15-11-6-4-5-7-12(11)18(9-8-14(19)20)13(15)10-21-17(16)3/h4-7H,8-10H2,1-3H3,(H,19,20). The fraction of sp³-hybridized carbons (Fsp3) is 0.438. The van der Waals surface area contributed by atoms with Gasteiger partial charge in [0, 0.05) is 30.1 Å². The fourth-order valence-corrected chi connectivity index (χ4v) is 3.13. The molecule has 21 heavy (non-hydrogen) atoms. The molecule has 0 bridgehead atoms. The van der Waals surface area contributed by atoms with Crippen molar-refractivity contribution >= 4 is 16.9 Å². The van der Waals surface area contributed by atoms with Gasteiger partial charge in [0.2, 0.25) is 0 Å². The number of rotatable bonds is 3. The van der Waals surface area contributed by atoms with E-state index in [0.29, 0.717) is 13.2 Å². The molecule has 1 aromatic heterocycles. The van der Waals surface area contributed by atoms with E-state index in [2.05, 4.69) is 24.5 Å². The van der Waals surface area contributed by atoms with Gasteiger partial charge in [-0.1, -0.05) is 18.2 Å². The first-order chi connectivity index (χ1) is 9.93. The van der Waals surface area contributed by atoms with Crippen molar-refractivity contribution in [2.45, 2.75) is 39.0 Å². The summed E-state index contributed by atoms with van der Waals surface area (Å²) >= 11 is 0. The smallest absolute Gasteiger partial charge is 0.305 e. The second-order valence-corrected chi connectivity index (χ2v) is 5.96. The Hall–Kier alpha value is -1.85. The van der Waals surface area contributed by atoms with Crippen LogP contribution in [-0.2, 0) is 28.3 Å². The van der Waals surface area contributed by atoms with Crippen molar-refractivity contribution in [3.05, 3.63) is 35.5 Å². The van der Waals surface area contributed by atoms with Crippen molar-refractivity contribution in [2.75, 3.05) is 7.05 Å². The van der Waals surface area contributed by atoms with Crippen molar-refractivity contribution in [2.24, 2.45) is 0 Å². The van der Waals surface area contributed by atoms with E-state index in [1.165, 1.54) is 10.9 Å². The van der Waals surface area contributed by atoms with Crippen LogP contribution < -0.4 is 0 Å². The molecule has 0 unspecified atom stereocenters. The molecule has 2 heterocycles. The summed E-state index contributed by atoms with van der Waals surface area (Å²) in [7, 11) is 1.94. The molecule has 5 heteroatoms. The highest BCUT2D eigenvalue weighted by atomic mass is 16.7. The van der Waals surface area contributed by atoms with Crippen molar-refractivity contribution < 1.29 is 14.7 Å². The Morgan fingerprint density at radius 1 is 1.38 bits per heavy atom. The minimum atomic E-state index is -0.783. The van der Waals surface area contributed by atoms with Crippen LogP contribution in [0.5, 0.6) is 0 Å². The number of hydrogen-bond acceptors (Lipinski definition) is 3. The van der Waals surface area contributed by atoms with Gasteiger partial charge in [-0.05, 0) is 19.9 Å². The summed E-state index contributed by atoms with van der Waals surface area (Å²) in [6.45, 7) is 5.19. The number of carbonyl (C=O) groups is 1. The summed E-state index contributed by atoms with van der Waals surface area (Å²) in [6, 6.07) is 8.16. The average molecular weight is 288 g/mol. The molecule has 2 aromatic rings. The molecule has 0 saturated heterocycles. The second kappa shape index (κ2) is 4.86. The Morgan fingerprint density at radius 2 is 2.10 bits per heavy atom. The molecule has 1 aliphatic heterocycles. The van der Waals surface area contributed by atoms with Crippen LogP contribution in [0, 0.1) is 0 Å². The third-order valence-electron chi connectivity index (χ3n) is 4.42. The number of fused-ring (bicyclic) bond motifs is 3. The van der Waals surface area contributed by atoms with Gasteiger partial charge in [-0.3, -0.25) is 9.63 Å². The van der Waals surface area contributed by atoms with Crippen LogP contribution >= 0.6 is 0 Å². The third-order valence-corrected chi connectivity index (χ3v) is 4.42. The molecule has 3 rings (SSSR count). The normalized spacial score (nSPS) is 17.9. The number of carboxylic acid groups (broad SMARTS) is 1. The first-order valence-electron chi connectivity index (χ1n) is 7.12. The number of aryl methyl sites for hydroxylation is 1. The summed E-state index contributed by atoms with van der Waals surface area (Å²) in [5.41, 5.74) is 3.15. The molecular formula is C16H20N2O3. The maximum absolute atomic E-state index is 10.9. The first kappa shape index (κ1) is 14.1. The number of hydrogen-bond donors (Lipinski definition) is 1. The number of carboxylic acids is 1. The zero-order valence-corrected chi connectivity index (χ0v) is 12.6. The SMILES string of the molecule is CN1OCc2c(c3ccccc3n2CCC(=O)O)C1(C)C. The summed E-state index contributed by atoms with van der Waals surface area (Å²) in [6.07, 6.45) is 0.112. The largest absolute Gasteiger partial charge is 0.481 e. The molecule has 1 aromatic carbocycles. The van der Waals surface area contributed by atoms with Crippen LogP contribution in [0.3, 0.4) is 0 Å². The highest BCUT2D eigenvalue weighted by Gasteiger charge is 2.37. The minimum absolute atomic E-state index is 0.112. The molecule has 1 N–H and O–H groups in total. The van der Waals surface area contributed by atoms with E-state index in [-0.39, 0.29) is 12.0 Å². The molecule has 112 valence electrons. The van der Waals surface area contributed by atoms with Crippen molar-refractivity contribution in [3.8, 4) is 0 Å². The Balaban J connectivity index is 2.23. The molecule has 0 fully saturated rings. The Morgan fingerprint density at radius 3 is 2.81 bits per heavy atom. The van der Waals surface area contributed by atoms with Gasteiger partial charge in [0.15, 0.2) is 0 Å². The molecule has 1 aliphatic rings. The van der Waals surface area contributed by atoms with Crippen LogP contribution in [-0.4, -0.2) is 27.8 Å². The van der Waals surface area contributed by atoms with Crippen LogP contribution in [0.25, 0.3) is 10.9 Å². The van der Waals surface area contributed by atoms with Crippen molar-refractivity contribution in [3.63, 3.8) is 0 Å². The van der Waals surface area contributed by atoms with Gasteiger partial charge in [-0.15, -0.1) is 0 Å². The highest BCUT2D eigenvalue weighted by molar-refractivity contribution is 5.87. The van der Waals surface area contributed by atoms with E-state index in [1.54, 1.807) is 0 Å². The van der Waals surface area contributed by atoms with E-state index in [0.717, 1.165) is 11.2 Å². The number of para-hydroxylation sites is 1. The molecule has 0 aliphatic carbocycles. The van der Waals surface area contributed by atoms with Gasteiger partial charge in [-0.25, -0.2) is 0 Å².